The molecule has 0 saturated heterocycles. The van der Waals surface area contributed by atoms with E-state index in [2.05, 4.69) is 15.4 Å². The highest BCUT2D eigenvalue weighted by Gasteiger charge is 2.22. The van der Waals surface area contributed by atoms with E-state index >= 15 is 0 Å². The predicted molar refractivity (Wildman–Crippen MR) is 105 cm³/mol. The molecule has 2 heterocycles. The highest BCUT2D eigenvalue weighted by atomic mass is 16.5. The van der Waals surface area contributed by atoms with Crippen molar-refractivity contribution < 1.29 is 9.53 Å². The van der Waals surface area contributed by atoms with E-state index in [4.69, 9.17) is 4.74 Å². The molecule has 1 fully saturated rings. The lowest BCUT2D eigenvalue weighted by atomic mass is 10.1. The highest BCUT2D eigenvalue weighted by molar-refractivity contribution is 5.96. The third-order valence-electron chi connectivity index (χ3n) is 5.20. The Kier molecular flexibility index (Phi) is 5.06. The quantitative estimate of drug-likeness (QED) is 0.738. The first-order valence-corrected chi connectivity index (χ1v) is 9.46. The van der Waals surface area contributed by atoms with Gasteiger partial charge in [0.2, 0.25) is 5.88 Å². The van der Waals surface area contributed by atoms with Crippen molar-refractivity contribution in [3.05, 3.63) is 64.2 Å². The third kappa shape index (κ3) is 3.35. The highest BCUT2D eigenvalue weighted by Crippen LogP contribution is 2.28. The Labute approximate surface area is 162 Å². The first kappa shape index (κ1) is 18.2. The van der Waals surface area contributed by atoms with Gasteiger partial charge < -0.3 is 10.1 Å². The zero-order valence-electron chi connectivity index (χ0n) is 15.7. The van der Waals surface area contributed by atoms with Gasteiger partial charge in [-0.05, 0) is 31.0 Å². The average Bonchev–Trinajstić information content (AvgIpc) is 3.28. The summed E-state index contributed by atoms with van der Waals surface area (Å²) in [6, 6.07) is 10.9. The lowest BCUT2D eigenvalue weighted by Gasteiger charge is -2.16. The Bertz CT molecular complexity index is 1070. The van der Waals surface area contributed by atoms with Crippen LogP contribution in [-0.4, -0.2) is 27.8 Å². The van der Waals surface area contributed by atoms with Gasteiger partial charge in [-0.15, -0.1) is 0 Å². The van der Waals surface area contributed by atoms with Crippen molar-refractivity contribution in [2.75, 3.05) is 7.11 Å². The number of hydrogen-bond acceptors (Lipinski definition) is 5. The van der Waals surface area contributed by atoms with Crippen LogP contribution in [0.3, 0.4) is 0 Å². The topological polar surface area (TPSA) is 86.1 Å². The Morgan fingerprint density at radius 2 is 1.93 bits per heavy atom. The number of carbonyl (C=O) groups is 1. The fourth-order valence-corrected chi connectivity index (χ4v) is 3.79. The number of hydrogen-bond donors (Lipinski definition) is 1. The molecule has 1 aromatic carbocycles. The molecule has 2 aromatic heterocycles. The predicted octanol–water partition coefficient (Wildman–Crippen LogP) is 2.85. The van der Waals surface area contributed by atoms with E-state index in [1.54, 1.807) is 23.0 Å². The van der Waals surface area contributed by atoms with Crippen LogP contribution >= 0.6 is 0 Å². The van der Waals surface area contributed by atoms with Crippen molar-refractivity contribution in [3.8, 4) is 5.88 Å². The summed E-state index contributed by atoms with van der Waals surface area (Å²) in [5.41, 5.74) is 0.975. The summed E-state index contributed by atoms with van der Waals surface area (Å²) in [6.45, 7) is 0.213. The number of carbonyl (C=O) groups excluding carboxylic acids is 1. The second-order valence-electron chi connectivity index (χ2n) is 6.92. The Hall–Kier alpha value is -3.22. The summed E-state index contributed by atoms with van der Waals surface area (Å²) < 4.78 is 6.77. The molecule has 1 aliphatic rings. The maximum absolute atomic E-state index is 12.9. The molecule has 0 radical (unpaired) electrons. The van der Waals surface area contributed by atoms with Crippen LogP contribution in [-0.2, 0) is 6.54 Å². The van der Waals surface area contributed by atoms with Gasteiger partial charge in [0.05, 0.1) is 30.8 Å². The van der Waals surface area contributed by atoms with Gasteiger partial charge in [0.1, 0.15) is 5.56 Å². The molecule has 0 aliphatic heterocycles. The molecule has 0 bridgehead atoms. The van der Waals surface area contributed by atoms with Crippen LogP contribution in [0.25, 0.3) is 10.8 Å². The number of rotatable bonds is 5. The monoisotopic (exact) mass is 378 g/mol. The zero-order chi connectivity index (χ0) is 19.5. The number of benzene rings is 1. The molecule has 1 amide bonds. The van der Waals surface area contributed by atoms with Gasteiger partial charge >= 0.3 is 0 Å². The van der Waals surface area contributed by atoms with Crippen molar-refractivity contribution in [2.45, 2.75) is 38.3 Å². The van der Waals surface area contributed by atoms with Crippen LogP contribution in [0.2, 0.25) is 0 Å². The van der Waals surface area contributed by atoms with Gasteiger partial charge in [-0.1, -0.05) is 31.0 Å². The van der Waals surface area contributed by atoms with E-state index in [1.807, 2.05) is 24.3 Å². The third-order valence-corrected chi connectivity index (χ3v) is 5.20. The molecule has 28 heavy (non-hydrogen) atoms. The number of amides is 1. The first-order valence-electron chi connectivity index (χ1n) is 9.46. The summed E-state index contributed by atoms with van der Waals surface area (Å²) >= 11 is 0. The molecular weight excluding hydrogens is 356 g/mol. The number of ether oxygens (including phenoxy) is 1. The summed E-state index contributed by atoms with van der Waals surface area (Å²) in [7, 11) is 1.48. The Morgan fingerprint density at radius 1 is 1.18 bits per heavy atom. The molecule has 4 rings (SSSR count). The Morgan fingerprint density at radius 3 is 2.68 bits per heavy atom. The molecule has 0 spiro atoms. The molecule has 7 nitrogen and oxygen atoms in total. The van der Waals surface area contributed by atoms with Crippen LogP contribution in [0.15, 0.2) is 47.4 Å². The van der Waals surface area contributed by atoms with E-state index in [-0.39, 0.29) is 29.9 Å². The van der Waals surface area contributed by atoms with Crippen LogP contribution in [0.5, 0.6) is 5.88 Å². The van der Waals surface area contributed by atoms with Crippen molar-refractivity contribution in [2.24, 2.45) is 0 Å². The van der Waals surface area contributed by atoms with Crippen molar-refractivity contribution in [3.63, 3.8) is 0 Å². The van der Waals surface area contributed by atoms with Crippen molar-refractivity contribution in [1.82, 2.24) is 20.1 Å². The largest absolute Gasteiger partial charge is 0.480 e. The summed E-state index contributed by atoms with van der Waals surface area (Å²) in [5, 5.41) is 8.91. The van der Waals surface area contributed by atoms with Crippen molar-refractivity contribution in [1.29, 1.82) is 0 Å². The fraction of sp³-hybridized carbons (Fsp3) is 0.333. The van der Waals surface area contributed by atoms with Gasteiger partial charge in [-0.2, -0.15) is 5.10 Å². The van der Waals surface area contributed by atoms with Crippen LogP contribution in [0.4, 0.5) is 0 Å². The second-order valence-corrected chi connectivity index (χ2v) is 6.92. The lowest BCUT2D eigenvalue weighted by Crippen LogP contribution is -2.30. The molecule has 0 atom stereocenters. The first-order chi connectivity index (χ1) is 13.7. The standard InChI is InChI=1S/C21H22N4O3/c1-28-20-17(11-6-12-22-20)19(26)23-13-18-15-9-4-5-10-16(15)21(27)25(24-18)14-7-2-3-8-14/h4-6,9-12,14H,2-3,7-8,13H2,1H3,(H,23,26). The lowest BCUT2D eigenvalue weighted by molar-refractivity contribution is 0.0946. The molecule has 0 unspecified atom stereocenters. The molecule has 1 aliphatic carbocycles. The molecule has 7 heteroatoms. The van der Waals surface area contributed by atoms with Gasteiger partial charge in [0.25, 0.3) is 11.5 Å². The minimum Gasteiger partial charge on any atom is -0.480 e. The normalized spacial score (nSPS) is 14.3. The van der Waals surface area contributed by atoms with Gasteiger partial charge in [-0.3, -0.25) is 9.59 Å². The number of nitrogens with one attached hydrogen (secondary N) is 1. The van der Waals surface area contributed by atoms with Crippen LogP contribution in [0, 0.1) is 0 Å². The molecular formula is C21H22N4O3. The number of pyridine rings is 1. The maximum Gasteiger partial charge on any atom is 0.274 e. The second kappa shape index (κ2) is 7.80. The Balaban J connectivity index is 1.67. The summed E-state index contributed by atoms with van der Waals surface area (Å²) in [4.78, 5) is 29.6. The van der Waals surface area contributed by atoms with Crippen LogP contribution in [0.1, 0.15) is 47.8 Å². The summed E-state index contributed by atoms with van der Waals surface area (Å²) in [5.74, 6) is -0.0248. The zero-order valence-corrected chi connectivity index (χ0v) is 15.7. The fourth-order valence-electron chi connectivity index (χ4n) is 3.79. The van der Waals surface area contributed by atoms with E-state index in [0.717, 1.165) is 31.1 Å². The minimum atomic E-state index is -0.297. The van der Waals surface area contributed by atoms with Gasteiger partial charge in [-0.25, -0.2) is 9.67 Å². The number of fused-ring (bicyclic) bond motifs is 1. The molecule has 1 N–H and O–H groups in total. The molecule has 144 valence electrons. The van der Waals surface area contributed by atoms with Gasteiger partial charge in [0, 0.05) is 11.6 Å². The van der Waals surface area contributed by atoms with E-state index in [0.29, 0.717) is 16.6 Å². The number of nitrogens with zero attached hydrogens (tertiary/aromatic N) is 3. The maximum atomic E-state index is 12.9. The van der Waals surface area contributed by atoms with E-state index in [1.165, 1.54) is 7.11 Å². The van der Waals surface area contributed by atoms with E-state index < -0.39 is 0 Å². The van der Waals surface area contributed by atoms with E-state index in [9.17, 15) is 9.59 Å². The SMILES string of the molecule is COc1ncccc1C(=O)NCc1nn(C2CCCC2)c(=O)c2ccccc12. The minimum absolute atomic E-state index is 0.0634. The molecule has 3 aromatic rings. The summed E-state index contributed by atoms with van der Waals surface area (Å²) in [6.07, 6.45) is 5.72. The molecule has 1 saturated carbocycles. The van der Waals surface area contributed by atoms with Crippen LogP contribution < -0.4 is 15.6 Å². The smallest absolute Gasteiger partial charge is 0.274 e. The number of methoxy groups -OCH3 is 1. The average molecular weight is 378 g/mol. The number of aromatic nitrogens is 3. The van der Waals surface area contributed by atoms with Crippen molar-refractivity contribution >= 4 is 16.7 Å². The van der Waals surface area contributed by atoms with Gasteiger partial charge in [0.15, 0.2) is 0 Å².